The molecule has 0 atom stereocenters. The van der Waals surface area contributed by atoms with Crippen molar-refractivity contribution in [3.05, 3.63) is 62.7 Å². The number of halogens is 1. The Morgan fingerprint density at radius 2 is 2.07 bits per heavy atom. The number of nitrogens with zero attached hydrogens (tertiary/aromatic N) is 5. The van der Waals surface area contributed by atoms with E-state index in [1.165, 1.54) is 22.9 Å². The predicted molar refractivity (Wildman–Crippen MR) is 107 cm³/mol. The molecule has 0 bridgehead atoms. The van der Waals surface area contributed by atoms with Crippen LogP contribution in [0.15, 0.2) is 30.5 Å². The van der Waals surface area contributed by atoms with E-state index in [0.29, 0.717) is 23.1 Å². The van der Waals surface area contributed by atoms with Crippen LogP contribution in [0.3, 0.4) is 0 Å². The zero-order valence-electron chi connectivity index (χ0n) is 16.0. The van der Waals surface area contributed by atoms with Crippen LogP contribution >= 0.6 is 11.6 Å². The fourth-order valence-electron chi connectivity index (χ4n) is 2.72. The molecule has 0 aliphatic heterocycles. The zero-order chi connectivity index (χ0) is 21.1. The van der Waals surface area contributed by atoms with E-state index in [0.717, 1.165) is 5.69 Å². The van der Waals surface area contributed by atoms with Crippen LogP contribution in [0.25, 0.3) is 0 Å². The topological polar surface area (TPSA) is 117 Å². The fourth-order valence-corrected chi connectivity index (χ4v) is 2.86. The first-order valence-corrected chi connectivity index (χ1v) is 9.13. The monoisotopic (exact) mass is 418 g/mol. The largest absolute Gasteiger partial charge is 0.494 e. The lowest BCUT2D eigenvalue weighted by atomic mass is 10.2. The van der Waals surface area contributed by atoms with Crippen LogP contribution in [-0.4, -0.2) is 37.0 Å². The summed E-state index contributed by atoms with van der Waals surface area (Å²) in [5.74, 6) is -0.215. The highest BCUT2D eigenvalue weighted by atomic mass is 35.5. The smallest absolute Gasteiger partial charge is 0.296 e. The van der Waals surface area contributed by atoms with Crippen LogP contribution in [0, 0.1) is 24.0 Å². The van der Waals surface area contributed by atoms with Crippen LogP contribution in [-0.2, 0) is 6.67 Å². The number of carbonyl (C=O) groups is 1. The molecule has 2 heterocycles. The average Bonchev–Trinajstić information content (AvgIpc) is 3.24. The van der Waals surface area contributed by atoms with Crippen LogP contribution in [0.2, 0.25) is 5.02 Å². The van der Waals surface area contributed by atoms with Gasteiger partial charge in [0.2, 0.25) is 0 Å². The van der Waals surface area contributed by atoms with Crippen molar-refractivity contribution in [2.45, 2.75) is 27.4 Å². The summed E-state index contributed by atoms with van der Waals surface area (Å²) in [6, 6.07) is 5.76. The van der Waals surface area contributed by atoms with E-state index in [2.05, 4.69) is 15.5 Å². The number of rotatable bonds is 7. The third-order valence-corrected chi connectivity index (χ3v) is 4.72. The Morgan fingerprint density at radius 1 is 1.31 bits per heavy atom. The standard InChI is InChI=1S/C18H19ClN6O4/c1-4-29-13-5-6-14(16(9-13)25(27)28)20-18(26)15-7-8-23(22-15)10-24-12(3)17(19)11(2)21-24/h5-9H,4,10H2,1-3H3,(H,20,26). The summed E-state index contributed by atoms with van der Waals surface area (Å²) in [6.45, 7) is 6.07. The highest BCUT2D eigenvalue weighted by molar-refractivity contribution is 6.31. The maximum atomic E-state index is 12.5. The molecule has 0 saturated heterocycles. The van der Waals surface area contributed by atoms with Gasteiger partial charge < -0.3 is 10.1 Å². The van der Waals surface area contributed by atoms with Crippen LogP contribution in [0.1, 0.15) is 28.8 Å². The van der Waals surface area contributed by atoms with Crippen molar-refractivity contribution >= 4 is 28.9 Å². The lowest BCUT2D eigenvalue weighted by Gasteiger charge is -2.07. The van der Waals surface area contributed by atoms with E-state index < -0.39 is 10.8 Å². The summed E-state index contributed by atoms with van der Waals surface area (Å²) >= 11 is 6.14. The summed E-state index contributed by atoms with van der Waals surface area (Å²) in [6.07, 6.45) is 1.62. The van der Waals surface area contributed by atoms with Gasteiger partial charge in [0.25, 0.3) is 11.6 Å². The first-order valence-electron chi connectivity index (χ1n) is 8.75. The second-order valence-corrected chi connectivity index (χ2v) is 6.57. The van der Waals surface area contributed by atoms with Gasteiger partial charge in [-0.2, -0.15) is 10.2 Å². The normalized spacial score (nSPS) is 10.8. The number of amides is 1. The van der Waals surface area contributed by atoms with Gasteiger partial charge in [0.1, 0.15) is 18.1 Å². The molecule has 152 valence electrons. The molecule has 0 aliphatic carbocycles. The third-order valence-electron chi connectivity index (χ3n) is 4.17. The molecule has 2 aromatic heterocycles. The molecule has 0 aliphatic rings. The molecular weight excluding hydrogens is 400 g/mol. The number of hydrogen-bond donors (Lipinski definition) is 1. The number of benzene rings is 1. The summed E-state index contributed by atoms with van der Waals surface area (Å²) < 4.78 is 8.47. The van der Waals surface area contributed by atoms with E-state index in [4.69, 9.17) is 16.3 Å². The minimum absolute atomic E-state index is 0.0586. The summed E-state index contributed by atoms with van der Waals surface area (Å²) in [4.78, 5) is 23.2. The molecule has 1 aromatic carbocycles. The molecule has 3 rings (SSSR count). The number of aromatic nitrogens is 4. The first-order chi connectivity index (χ1) is 13.8. The Bertz CT molecular complexity index is 1070. The summed E-state index contributed by atoms with van der Waals surface area (Å²) in [5.41, 5.74) is 1.40. The lowest BCUT2D eigenvalue weighted by Crippen LogP contribution is -2.16. The van der Waals surface area contributed by atoms with Gasteiger partial charge in [-0.25, -0.2) is 4.68 Å². The lowest BCUT2D eigenvalue weighted by molar-refractivity contribution is -0.384. The summed E-state index contributed by atoms with van der Waals surface area (Å²) in [7, 11) is 0. The quantitative estimate of drug-likeness (QED) is 0.464. The molecule has 0 fully saturated rings. The number of nitro groups is 1. The fraction of sp³-hybridized carbons (Fsp3) is 0.278. The molecule has 0 radical (unpaired) electrons. The number of nitrogens with one attached hydrogen (secondary N) is 1. The number of aryl methyl sites for hydroxylation is 1. The van der Waals surface area contributed by atoms with Gasteiger partial charge in [0.05, 0.1) is 34.0 Å². The van der Waals surface area contributed by atoms with Crippen LogP contribution in [0.4, 0.5) is 11.4 Å². The van der Waals surface area contributed by atoms with Crippen LogP contribution in [0.5, 0.6) is 5.75 Å². The number of carbonyl (C=O) groups excluding carboxylic acids is 1. The van der Waals surface area contributed by atoms with Crippen molar-refractivity contribution in [1.82, 2.24) is 19.6 Å². The van der Waals surface area contributed by atoms with Crippen molar-refractivity contribution in [1.29, 1.82) is 0 Å². The second kappa shape index (κ2) is 8.31. The number of anilines is 1. The molecule has 11 heteroatoms. The maximum absolute atomic E-state index is 12.5. The highest BCUT2D eigenvalue weighted by Crippen LogP contribution is 2.29. The van der Waals surface area contributed by atoms with Crippen molar-refractivity contribution < 1.29 is 14.5 Å². The van der Waals surface area contributed by atoms with Gasteiger partial charge in [0.15, 0.2) is 5.69 Å². The highest BCUT2D eigenvalue weighted by Gasteiger charge is 2.19. The minimum Gasteiger partial charge on any atom is -0.494 e. The van der Waals surface area contributed by atoms with Gasteiger partial charge >= 0.3 is 0 Å². The molecule has 0 spiro atoms. The molecule has 10 nitrogen and oxygen atoms in total. The van der Waals surface area contributed by atoms with Gasteiger partial charge in [-0.1, -0.05) is 11.6 Å². The third kappa shape index (κ3) is 4.37. The minimum atomic E-state index is -0.580. The average molecular weight is 419 g/mol. The Hall–Kier alpha value is -3.40. The Kier molecular flexibility index (Phi) is 5.83. The van der Waals surface area contributed by atoms with Crippen molar-refractivity contribution in [3.8, 4) is 5.75 Å². The summed E-state index contributed by atoms with van der Waals surface area (Å²) in [5, 5.41) is 23.0. The van der Waals surface area contributed by atoms with Gasteiger partial charge in [0, 0.05) is 6.20 Å². The van der Waals surface area contributed by atoms with E-state index in [1.54, 1.807) is 30.8 Å². The van der Waals surface area contributed by atoms with E-state index in [-0.39, 0.29) is 23.7 Å². The molecule has 3 aromatic rings. The molecule has 1 amide bonds. The Morgan fingerprint density at radius 3 is 2.69 bits per heavy atom. The van der Waals surface area contributed by atoms with Crippen molar-refractivity contribution in [2.24, 2.45) is 0 Å². The molecular formula is C18H19ClN6O4. The SMILES string of the molecule is CCOc1ccc(NC(=O)c2ccn(Cn3nc(C)c(Cl)c3C)n2)c([N+](=O)[O-])c1. The molecule has 0 unspecified atom stereocenters. The van der Waals surface area contributed by atoms with E-state index >= 15 is 0 Å². The predicted octanol–water partition coefficient (Wildman–Crippen LogP) is 3.41. The van der Waals surface area contributed by atoms with E-state index in [9.17, 15) is 14.9 Å². The van der Waals surface area contributed by atoms with E-state index in [1.807, 2.05) is 6.92 Å². The number of nitro benzene ring substituents is 1. The van der Waals surface area contributed by atoms with Gasteiger partial charge in [-0.05, 0) is 39.0 Å². The van der Waals surface area contributed by atoms with Crippen molar-refractivity contribution in [2.75, 3.05) is 11.9 Å². The Labute approximate surface area is 171 Å². The zero-order valence-corrected chi connectivity index (χ0v) is 16.8. The molecule has 1 N–H and O–H groups in total. The Balaban J connectivity index is 1.77. The molecule has 0 saturated carbocycles. The number of ether oxygens (including phenoxy) is 1. The second-order valence-electron chi connectivity index (χ2n) is 6.19. The van der Waals surface area contributed by atoms with Crippen LogP contribution < -0.4 is 10.1 Å². The first kappa shape index (κ1) is 20.3. The van der Waals surface area contributed by atoms with Crippen molar-refractivity contribution in [3.63, 3.8) is 0 Å². The maximum Gasteiger partial charge on any atom is 0.296 e. The number of hydrogen-bond acceptors (Lipinski definition) is 6. The van der Waals surface area contributed by atoms with Gasteiger partial charge in [-0.3, -0.25) is 19.6 Å². The molecule has 29 heavy (non-hydrogen) atoms. The van der Waals surface area contributed by atoms with Gasteiger partial charge in [-0.15, -0.1) is 0 Å².